The van der Waals surface area contributed by atoms with Crippen molar-refractivity contribution in [3.05, 3.63) is 15.6 Å². The molecule has 0 bridgehead atoms. The van der Waals surface area contributed by atoms with Gasteiger partial charge in [-0.05, 0) is 27.2 Å². The van der Waals surface area contributed by atoms with Crippen molar-refractivity contribution in [1.82, 2.24) is 19.9 Å². The molecule has 1 aromatic heterocycles. The van der Waals surface area contributed by atoms with Crippen LogP contribution >= 0.6 is 11.3 Å². The summed E-state index contributed by atoms with van der Waals surface area (Å²) in [5.74, 6) is 0.957. The Morgan fingerprint density at radius 1 is 1.39 bits per heavy atom. The molecular formula is C14H25N5O2S2. The second-order valence-electron chi connectivity index (χ2n) is 5.44. The van der Waals surface area contributed by atoms with Gasteiger partial charge in [0.25, 0.3) is 0 Å². The largest absolute Gasteiger partial charge is 0.357 e. The zero-order valence-corrected chi connectivity index (χ0v) is 15.6. The molecule has 0 spiro atoms. The summed E-state index contributed by atoms with van der Waals surface area (Å²) in [7, 11) is -3.03. The second-order valence-corrected chi connectivity index (χ2v) is 8.82. The third-order valence-electron chi connectivity index (χ3n) is 3.65. The molecule has 0 atom stereocenters. The van der Waals surface area contributed by atoms with E-state index in [1.165, 1.54) is 9.18 Å². The van der Waals surface area contributed by atoms with Crippen LogP contribution in [0.1, 0.15) is 28.9 Å². The van der Waals surface area contributed by atoms with Crippen molar-refractivity contribution >= 4 is 27.3 Å². The SMILES string of the molecule is CCNC(=NCc1nc(C)c(C)s1)NCCN1CCCS1(=O)=O. The van der Waals surface area contributed by atoms with Gasteiger partial charge in [-0.2, -0.15) is 0 Å². The Balaban J connectivity index is 1.86. The predicted molar refractivity (Wildman–Crippen MR) is 94.4 cm³/mol. The summed E-state index contributed by atoms with van der Waals surface area (Å²) in [6.45, 7) is 8.97. The molecule has 0 amide bonds. The zero-order chi connectivity index (χ0) is 16.9. The number of hydrogen-bond acceptors (Lipinski definition) is 5. The van der Waals surface area contributed by atoms with Crippen molar-refractivity contribution in [3.63, 3.8) is 0 Å². The van der Waals surface area contributed by atoms with Gasteiger partial charge >= 0.3 is 0 Å². The lowest BCUT2D eigenvalue weighted by atomic mass is 10.4. The van der Waals surface area contributed by atoms with Crippen molar-refractivity contribution in [2.75, 3.05) is 31.9 Å². The molecule has 0 aliphatic carbocycles. The molecule has 2 heterocycles. The zero-order valence-electron chi connectivity index (χ0n) is 13.9. The Morgan fingerprint density at radius 2 is 2.17 bits per heavy atom. The minimum atomic E-state index is -3.03. The molecule has 0 radical (unpaired) electrons. The highest BCUT2D eigenvalue weighted by atomic mass is 32.2. The number of nitrogens with zero attached hydrogens (tertiary/aromatic N) is 3. The molecule has 7 nitrogen and oxygen atoms in total. The van der Waals surface area contributed by atoms with Crippen LogP contribution in [0, 0.1) is 13.8 Å². The molecular weight excluding hydrogens is 334 g/mol. The molecule has 0 aromatic carbocycles. The molecule has 1 aliphatic rings. The van der Waals surface area contributed by atoms with Crippen LogP contribution in [0.5, 0.6) is 0 Å². The van der Waals surface area contributed by atoms with Gasteiger partial charge in [-0.3, -0.25) is 0 Å². The van der Waals surface area contributed by atoms with Crippen LogP contribution in [0.15, 0.2) is 4.99 Å². The Bertz CT molecular complexity index is 635. The first-order valence-corrected chi connectivity index (χ1v) is 10.3. The third kappa shape index (κ3) is 5.15. The van der Waals surface area contributed by atoms with Crippen LogP contribution in [0.25, 0.3) is 0 Å². The normalized spacial score (nSPS) is 18.3. The van der Waals surface area contributed by atoms with E-state index >= 15 is 0 Å². The Kier molecular flexibility index (Phi) is 6.37. The van der Waals surface area contributed by atoms with Crippen molar-refractivity contribution in [2.24, 2.45) is 4.99 Å². The van der Waals surface area contributed by atoms with Gasteiger partial charge in [-0.1, -0.05) is 0 Å². The van der Waals surface area contributed by atoms with Gasteiger partial charge in [-0.15, -0.1) is 11.3 Å². The lowest BCUT2D eigenvalue weighted by molar-refractivity contribution is 0.445. The monoisotopic (exact) mass is 359 g/mol. The highest BCUT2D eigenvalue weighted by Gasteiger charge is 2.27. The molecule has 1 fully saturated rings. The van der Waals surface area contributed by atoms with Crippen LogP contribution in [0.4, 0.5) is 0 Å². The molecule has 130 valence electrons. The van der Waals surface area contributed by atoms with E-state index in [0.29, 0.717) is 32.1 Å². The van der Waals surface area contributed by atoms with Gasteiger partial charge in [0.2, 0.25) is 10.0 Å². The van der Waals surface area contributed by atoms with E-state index in [9.17, 15) is 8.42 Å². The van der Waals surface area contributed by atoms with E-state index in [1.54, 1.807) is 11.3 Å². The molecule has 9 heteroatoms. The molecule has 1 saturated heterocycles. The Morgan fingerprint density at radius 3 is 2.74 bits per heavy atom. The Hall–Kier alpha value is -1.19. The summed E-state index contributed by atoms with van der Waals surface area (Å²) in [6, 6.07) is 0. The van der Waals surface area contributed by atoms with Crippen LogP contribution in [-0.4, -0.2) is 55.6 Å². The highest BCUT2D eigenvalue weighted by molar-refractivity contribution is 7.89. The summed E-state index contributed by atoms with van der Waals surface area (Å²) in [5, 5.41) is 7.34. The average molecular weight is 360 g/mol. The number of hydrogen-bond donors (Lipinski definition) is 2. The van der Waals surface area contributed by atoms with E-state index in [4.69, 9.17) is 0 Å². The van der Waals surface area contributed by atoms with Crippen LogP contribution < -0.4 is 10.6 Å². The van der Waals surface area contributed by atoms with Gasteiger partial charge in [-0.25, -0.2) is 22.7 Å². The van der Waals surface area contributed by atoms with Crippen LogP contribution in [0.3, 0.4) is 0 Å². The number of nitrogens with one attached hydrogen (secondary N) is 2. The maximum absolute atomic E-state index is 11.8. The van der Waals surface area contributed by atoms with Crippen molar-refractivity contribution < 1.29 is 8.42 Å². The van der Waals surface area contributed by atoms with Gasteiger partial charge in [0, 0.05) is 31.1 Å². The second kappa shape index (κ2) is 8.07. The van der Waals surface area contributed by atoms with E-state index in [1.807, 2.05) is 13.8 Å². The highest BCUT2D eigenvalue weighted by Crippen LogP contribution is 2.17. The van der Waals surface area contributed by atoms with Crippen molar-refractivity contribution in [1.29, 1.82) is 0 Å². The summed E-state index contributed by atoms with van der Waals surface area (Å²) >= 11 is 1.66. The first-order valence-electron chi connectivity index (χ1n) is 7.85. The maximum atomic E-state index is 11.8. The lowest BCUT2D eigenvalue weighted by Gasteiger charge is -2.16. The predicted octanol–water partition coefficient (Wildman–Crippen LogP) is 0.851. The van der Waals surface area contributed by atoms with Gasteiger partial charge in [0.15, 0.2) is 5.96 Å². The number of thiazole rings is 1. The van der Waals surface area contributed by atoms with Crippen molar-refractivity contribution in [3.8, 4) is 0 Å². The number of rotatable bonds is 6. The van der Waals surface area contributed by atoms with Gasteiger partial charge < -0.3 is 10.6 Å². The summed E-state index contributed by atoms with van der Waals surface area (Å²) < 4.78 is 25.0. The molecule has 23 heavy (non-hydrogen) atoms. The van der Waals surface area contributed by atoms with E-state index in [0.717, 1.165) is 23.7 Å². The van der Waals surface area contributed by atoms with E-state index < -0.39 is 10.0 Å². The quantitative estimate of drug-likeness (QED) is 0.581. The fourth-order valence-electron chi connectivity index (χ4n) is 2.34. The minimum Gasteiger partial charge on any atom is -0.357 e. The molecule has 0 unspecified atom stereocenters. The Labute approximate surface area is 142 Å². The average Bonchev–Trinajstić information content (AvgIpc) is 2.99. The van der Waals surface area contributed by atoms with Gasteiger partial charge in [0.1, 0.15) is 5.01 Å². The van der Waals surface area contributed by atoms with Gasteiger partial charge in [0.05, 0.1) is 18.0 Å². The van der Waals surface area contributed by atoms with E-state index in [2.05, 4.69) is 27.5 Å². The first-order chi connectivity index (χ1) is 10.9. The fraction of sp³-hybridized carbons (Fsp3) is 0.714. The molecule has 1 aromatic rings. The van der Waals surface area contributed by atoms with E-state index in [-0.39, 0.29) is 5.75 Å². The number of aliphatic imine (C=N–C) groups is 1. The first kappa shape index (κ1) is 18.2. The van der Waals surface area contributed by atoms with Crippen LogP contribution in [0.2, 0.25) is 0 Å². The fourth-order valence-corrected chi connectivity index (χ4v) is 4.72. The van der Waals surface area contributed by atoms with Crippen molar-refractivity contribution in [2.45, 2.75) is 33.7 Å². The molecule has 0 saturated carbocycles. The smallest absolute Gasteiger partial charge is 0.214 e. The molecule has 1 aliphatic heterocycles. The maximum Gasteiger partial charge on any atom is 0.214 e. The standard InChI is InChI=1S/C14H25N5O2S2/c1-4-15-14(17-10-13-18-11(2)12(3)22-13)16-6-8-19-7-5-9-23(19,20)21/h4-10H2,1-3H3,(H2,15,16,17). The summed E-state index contributed by atoms with van der Waals surface area (Å²) in [6.07, 6.45) is 0.721. The lowest BCUT2D eigenvalue weighted by Crippen LogP contribution is -2.42. The minimum absolute atomic E-state index is 0.268. The topological polar surface area (TPSA) is 86.7 Å². The van der Waals surface area contributed by atoms with Crippen LogP contribution in [-0.2, 0) is 16.6 Å². The summed E-state index contributed by atoms with van der Waals surface area (Å²) in [5.41, 5.74) is 1.05. The number of sulfonamides is 1. The number of aryl methyl sites for hydroxylation is 2. The molecule has 2 N–H and O–H groups in total. The third-order valence-corrected chi connectivity index (χ3v) is 6.66. The number of guanidine groups is 1. The summed E-state index contributed by atoms with van der Waals surface area (Å²) in [4.78, 5) is 10.2. The number of aromatic nitrogens is 1. The molecule has 2 rings (SSSR count).